The van der Waals surface area contributed by atoms with Gasteiger partial charge in [-0.15, -0.1) is 11.3 Å². The predicted molar refractivity (Wildman–Crippen MR) is 130 cm³/mol. The fourth-order valence-electron chi connectivity index (χ4n) is 3.53. The minimum absolute atomic E-state index is 0.497. The summed E-state index contributed by atoms with van der Waals surface area (Å²) in [5.41, 5.74) is 0. The highest BCUT2D eigenvalue weighted by Gasteiger charge is 2.30. The Morgan fingerprint density at radius 3 is 2.24 bits per heavy atom. The summed E-state index contributed by atoms with van der Waals surface area (Å²) < 4.78 is 28.2. The van der Waals surface area contributed by atoms with Crippen molar-refractivity contribution >= 4 is 63.0 Å². The molecule has 2 nitrogen and oxygen atoms in total. The highest BCUT2D eigenvalue weighted by molar-refractivity contribution is 7.82. The molecule has 0 fully saturated rings. The van der Waals surface area contributed by atoms with Crippen molar-refractivity contribution in [2.75, 3.05) is 0 Å². The van der Waals surface area contributed by atoms with Gasteiger partial charge in [0.2, 0.25) is 0 Å². The van der Waals surface area contributed by atoms with Gasteiger partial charge in [-0.25, -0.2) is 0 Å². The van der Waals surface area contributed by atoms with Crippen LogP contribution < -0.4 is 15.9 Å². The summed E-state index contributed by atoms with van der Waals surface area (Å²) in [6.45, 7) is 7.68. The Balaban J connectivity index is 2.05. The molecule has 0 amide bonds. The summed E-state index contributed by atoms with van der Waals surface area (Å²) in [5, 5.41) is 5.01. The molecule has 0 bridgehead atoms. The standard InChI is InChI=1S/C24H18O2P2S/c1-3-8-18(4-2)28(26,19-9-6-5-7-10-19)20-12-14-24-22(16-20)21-15-17(27-25)11-13-23(21)29-24/h3-16H,1-2H2/p+1. The first kappa shape index (κ1) is 19.7. The average molecular weight is 433 g/mol. The number of hydrogen-bond acceptors (Lipinski definition) is 3. The molecule has 0 aliphatic heterocycles. The first-order valence-corrected chi connectivity index (χ1v) is 12.5. The van der Waals surface area contributed by atoms with Crippen LogP contribution in [0.15, 0.2) is 103 Å². The second-order valence-electron chi connectivity index (χ2n) is 6.57. The van der Waals surface area contributed by atoms with Crippen LogP contribution >= 0.6 is 26.9 Å². The van der Waals surface area contributed by atoms with Gasteiger partial charge in [-0.05, 0) is 30.3 Å². The fraction of sp³-hybridized carbons (Fsp3) is 0. The molecule has 1 aromatic heterocycles. The SMILES string of the molecule is C=CC=C(C=C)P(=O)(c1ccccc1)c1ccc2sc3ccc([PH+]=O)cc3c2c1. The third-order valence-corrected chi connectivity index (χ3v) is 9.70. The zero-order valence-corrected chi connectivity index (χ0v) is 18.4. The van der Waals surface area contributed by atoms with Crippen LogP contribution in [0.5, 0.6) is 0 Å². The van der Waals surface area contributed by atoms with E-state index < -0.39 is 15.6 Å². The van der Waals surface area contributed by atoms with E-state index in [1.54, 1.807) is 29.6 Å². The molecule has 1 heterocycles. The van der Waals surface area contributed by atoms with Crippen LogP contribution in [0.25, 0.3) is 20.2 Å². The lowest BCUT2D eigenvalue weighted by molar-refractivity contribution is 0.591. The molecule has 29 heavy (non-hydrogen) atoms. The Morgan fingerprint density at radius 1 is 0.897 bits per heavy atom. The summed E-state index contributed by atoms with van der Waals surface area (Å²) in [5.74, 6) is 0. The molecule has 0 N–H and O–H groups in total. The van der Waals surface area contributed by atoms with Gasteiger partial charge in [0.1, 0.15) is 0 Å². The zero-order valence-electron chi connectivity index (χ0n) is 15.7. The quantitative estimate of drug-likeness (QED) is 0.265. The Kier molecular flexibility index (Phi) is 5.48. The van der Waals surface area contributed by atoms with Crippen LogP contribution in [0.2, 0.25) is 0 Å². The van der Waals surface area contributed by atoms with Gasteiger partial charge >= 0.3 is 8.46 Å². The maximum absolute atomic E-state index is 14.5. The lowest BCUT2D eigenvalue weighted by Crippen LogP contribution is -2.17. The molecule has 2 unspecified atom stereocenters. The summed E-state index contributed by atoms with van der Waals surface area (Å²) in [6.07, 6.45) is 5.07. The van der Waals surface area contributed by atoms with Gasteiger partial charge in [0, 0.05) is 42.2 Å². The molecule has 4 aromatic rings. The number of rotatable bonds is 6. The number of fused-ring (bicyclic) bond motifs is 3. The number of hydrogen-bond donors (Lipinski definition) is 0. The fourth-order valence-corrected chi connectivity index (χ4v) is 7.61. The van der Waals surface area contributed by atoms with Crippen molar-refractivity contribution in [3.05, 3.63) is 103 Å². The maximum atomic E-state index is 14.5. The average Bonchev–Trinajstić information content (AvgIpc) is 3.14. The molecule has 0 aliphatic rings. The van der Waals surface area contributed by atoms with E-state index in [0.717, 1.165) is 36.1 Å². The smallest absolute Gasteiger partial charge is 0.309 e. The van der Waals surface area contributed by atoms with Gasteiger partial charge in [0.05, 0.1) is 0 Å². The Hall–Kier alpha value is -2.57. The number of allylic oxidation sites excluding steroid dienone is 4. The summed E-state index contributed by atoms with van der Waals surface area (Å²) >= 11 is 1.68. The van der Waals surface area contributed by atoms with Gasteiger partial charge in [0.15, 0.2) is 12.4 Å². The minimum atomic E-state index is -3.11. The monoisotopic (exact) mass is 433 g/mol. The second-order valence-corrected chi connectivity index (χ2v) is 11.2. The minimum Gasteiger partial charge on any atom is -0.309 e. The molecule has 2 atom stereocenters. The highest BCUT2D eigenvalue weighted by Crippen LogP contribution is 2.53. The van der Waals surface area contributed by atoms with Crippen molar-refractivity contribution in [3.8, 4) is 0 Å². The molecule has 5 heteroatoms. The van der Waals surface area contributed by atoms with Crippen molar-refractivity contribution in [3.63, 3.8) is 0 Å². The van der Waals surface area contributed by atoms with Gasteiger partial charge in [-0.3, -0.25) is 0 Å². The van der Waals surface area contributed by atoms with E-state index in [1.807, 2.05) is 66.7 Å². The van der Waals surface area contributed by atoms with Gasteiger partial charge < -0.3 is 4.57 Å². The van der Waals surface area contributed by atoms with E-state index in [9.17, 15) is 9.13 Å². The lowest BCUT2D eigenvalue weighted by atomic mass is 10.1. The summed E-state index contributed by atoms with van der Waals surface area (Å²) in [4.78, 5) is 0. The van der Waals surface area contributed by atoms with Crippen molar-refractivity contribution in [1.29, 1.82) is 0 Å². The first-order valence-electron chi connectivity index (χ1n) is 9.08. The van der Waals surface area contributed by atoms with Crippen molar-refractivity contribution in [2.45, 2.75) is 0 Å². The van der Waals surface area contributed by atoms with Crippen LogP contribution in [-0.4, -0.2) is 0 Å². The molecule has 3 aromatic carbocycles. The normalized spacial score (nSPS) is 14.1. The third-order valence-electron chi connectivity index (χ3n) is 4.92. The zero-order chi connectivity index (χ0) is 20.4. The molecule has 4 rings (SSSR count). The summed E-state index contributed by atoms with van der Waals surface area (Å²) in [6, 6.07) is 21.4. The summed E-state index contributed by atoms with van der Waals surface area (Å²) in [7, 11) is -3.61. The van der Waals surface area contributed by atoms with Crippen LogP contribution in [0.3, 0.4) is 0 Å². The van der Waals surface area contributed by atoms with Gasteiger partial charge in [-0.2, -0.15) is 0 Å². The third kappa shape index (κ3) is 3.36. The number of benzene rings is 3. The van der Waals surface area contributed by atoms with E-state index >= 15 is 0 Å². The van der Waals surface area contributed by atoms with E-state index in [0.29, 0.717) is 5.31 Å². The lowest BCUT2D eigenvalue weighted by Gasteiger charge is -2.20. The molecule has 0 saturated carbocycles. The van der Waals surface area contributed by atoms with E-state index in [4.69, 9.17) is 0 Å². The number of thiophene rings is 1. The molecule has 0 radical (unpaired) electrons. The maximum Gasteiger partial charge on any atom is 0.363 e. The van der Waals surface area contributed by atoms with Crippen LogP contribution in [0.1, 0.15) is 0 Å². The molecular weight excluding hydrogens is 414 g/mol. The topological polar surface area (TPSA) is 34.1 Å². The Morgan fingerprint density at radius 2 is 1.59 bits per heavy atom. The van der Waals surface area contributed by atoms with Crippen molar-refractivity contribution < 1.29 is 9.13 Å². The Bertz CT molecular complexity index is 1330. The molecular formula is C24H19O2P2S+. The van der Waals surface area contributed by atoms with Crippen molar-refractivity contribution in [2.24, 2.45) is 0 Å². The van der Waals surface area contributed by atoms with Crippen molar-refractivity contribution in [1.82, 2.24) is 0 Å². The molecule has 0 spiro atoms. The first-order chi connectivity index (χ1) is 14.1. The molecule has 0 saturated heterocycles. The largest absolute Gasteiger partial charge is 0.363 e. The van der Waals surface area contributed by atoms with Gasteiger partial charge in [-0.1, -0.05) is 66.3 Å². The Labute approximate surface area is 175 Å². The van der Waals surface area contributed by atoms with Crippen LogP contribution in [0.4, 0.5) is 0 Å². The van der Waals surface area contributed by atoms with E-state index in [-0.39, 0.29) is 0 Å². The van der Waals surface area contributed by atoms with Gasteiger partial charge in [0.25, 0.3) is 0 Å². The predicted octanol–water partition coefficient (Wildman–Crippen LogP) is 6.27. The van der Waals surface area contributed by atoms with E-state index in [1.165, 1.54) is 0 Å². The van der Waals surface area contributed by atoms with E-state index in [2.05, 4.69) is 13.2 Å². The highest BCUT2D eigenvalue weighted by atomic mass is 32.1. The molecule has 142 valence electrons. The molecule has 0 aliphatic carbocycles. The second kappa shape index (κ2) is 8.05. The van der Waals surface area contributed by atoms with Crippen LogP contribution in [0, 0.1) is 0 Å². The van der Waals surface area contributed by atoms with Crippen LogP contribution in [-0.2, 0) is 9.13 Å².